The largest absolute Gasteiger partial charge is 0.467 e. The number of para-hydroxylation sites is 1. The summed E-state index contributed by atoms with van der Waals surface area (Å²) in [5.41, 5.74) is 1.52. The molecule has 3 amide bonds. The van der Waals surface area contributed by atoms with E-state index in [1.165, 1.54) is 12.1 Å². The maximum Gasteiger partial charge on any atom is 0.322 e. The lowest BCUT2D eigenvalue weighted by Gasteiger charge is -2.39. The lowest BCUT2D eigenvalue weighted by atomic mass is 9.88. The number of urea groups is 1. The number of hydrogen-bond acceptors (Lipinski definition) is 3. The second kappa shape index (κ2) is 9.47. The molecule has 0 radical (unpaired) electrons. The Balaban J connectivity index is 1.49. The average molecular weight is 421 g/mol. The molecule has 31 heavy (non-hydrogen) atoms. The van der Waals surface area contributed by atoms with E-state index in [-0.39, 0.29) is 36.3 Å². The monoisotopic (exact) mass is 421 g/mol. The first kappa shape index (κ1) is 20.7. The number of carbonyl (C=O) groups is 2. The smallest absolute Gasteiger partial charge is 0.322 e. The van der Waals surface area contributed by atoms with Crippen LogP contribution >= 0.6 is 0 Å². The van der Waals surface area contributed by atoms with Crippen LogP contribution in [0.25, 0.3) is 0 Å². The number of furan rings is 1. The second-order valence-corrected chi connectivity index (χ2v) is 7.59. The molecule has 7 heteroatoms. The Labute approximate surface area is 180 Å². The maximum absolute atomic E-state index is 13.4. The van der Waals surface area contributed by atoms with Crippen LogP contribution in [0.3, 0.4) is 0 Å². The molecule has 6 nitrogen and oxygen atoms in total. The van der Waals surface area contributed by atoms with Crippen LogP contribution in [0.1, 0.15) is 30.2 Å². The van der Waals surface area contributed by atoms with E-state index in [1.807, 2.05) is 30.3 Å². The average Bonchev–Trinajstić information content (AvgIpc) is 3.32. The van der Waals surface area contributed by atoms with Crippen LogP contribution < -0.4 is 10.6 Å². The Bertz CT molecular complexity index is 1010. The van der Waals surface area contributed by atoms with Gasteiger partial charge in [-0.15, -0.1) is 0 Å². The first-order valence-electron chi connectivity index (χ1n) is 10.3. The van der Waals surface area contributed by atoms with Crippen molar-refractivity contribution >= 4 is 17.6 Å². The van der Waals surface area contributed by atoms with Gasteiger partial charge in [0.05, 0.1) is 24.8 Å². The number of hydrogen-bond donors (Lipinski definition) is 2. The maximum atomic E-state index is 13.4. The van der Waals surface area contributed by atoms with E-state index < -0.39 is 0 Å². The molecule has 0 bridgehead atoms. The molecule has 0 spiro atoms. The number of likely N-dealkylation sites (tertiary alicyclic amines) is 1. The Hall–Kier alpha value is -3.61. The fourth-order valence-electron chi connectivity index (χ4n) is 3.89. The van der Waals surface area contributed by atoms with Crippen molar-refractivity contribution in [1.82, 2.24) is 10.2 Å². The molecule has 0 aliphatic carbocycles. The molecule has 160 valence electrons. The Morgan fingerprint density at radius 3 is 2.48 bits per heavy atom. The highest BCUT2D eigenvalue weighted by Crippen LogP contribution is 2.34. The second-order valence-electron chi connectivity index (χ2n) is 7.59. The van der Waals surface area contributed by atoms with Gasteiger partial charge in [0.1, 0.15) is 11.6 Å². The van der Waals surface area contributed by atoms with Gasteiger partial charge in [-0.1, -0.05) is 30.3 Å². The predicted molar refractivity (Wildman–Crippen MR) is 115 cm³/mol. The summed E-state index contributed by atoms with van der Waals surface area (Å²) in [6.07, 6.45) is 2.79. The summed E-state index contributed by atoms with van der Waals surface area (Å²) in [6, 6.07) is 18.4. The van der Waals surface area contributed by atoms with Crippen LogP contribution in [0.2, 0.25) is 0 Å². The normalized spacial score (nSPS) is 18.4. The minimum Gasteiger partial charge on any atom is -0.467 e. The molecule has 1 aromatic heterocycles. The molecule has 3 aromatic rings. The quantitative estimate of drug-likeness (QED) is 0.626. The van der Waals surface area contributed by atoms with E-state index in [1.54, 1.807) is 35.4 Å². The third-order valence-corrected chi connectivity index (χ3v) is 5.51. The summed E-state index contributed by atoms with van der Waals surface area (Å²) in [5, 5.41) is 5.79. The van der Waals surface area contributed by atoms with Crippen LogP contribution in [0.4, 0.5) is 14.9 Å². The minimum absolute atomic E-state index is 0.119. The van der Waals surface area contributed by atoms with Crippen LogP contribution in [0.5, 0.6) is 0 Å². The number of carbonyl (C=O) groups excluding carboxylic acids is 2. The zero-order chi connectivity index (χ0) is 21.6. The molecule has 2 unspecified atom stereocenters. The fourth-order valence-corrected chi connectivity index (χ4v) is 3.89. The third-order valence-electron chi connectivity index (χ3n) is 5.51. The third kappa shape index (κ3) is 5.12. The van der Waals surface area contributed by atoms with Crippen LogP contribution in [0.15, 0.2) is 77.4 Å². The van der Waals surface area contributed by atoms with Gasteiger partial charge in [0.25, 0.3) is 0 Å². The van der Waals surface area contributed by atoms with Gasteiger partial charge in [-0.05, 0) is 54.8 Å². The van der Waals surface area contributed by atoms with Gasteiger partial charge < -0.3 is 20.0 Å². The van der Waals surface area contributed by atoms with Gasteiger partial charge in [-0.25, -0.2) is 9.18 Å². The van der Waals surface area contributed by atoms with Crippen molar-refractivity contribution < 1.29 is 18.4 Å². The fraction of sp³-hybridized carbons (Fsp3) is 0.250. The van der Waals surface area contributed by atoms with Crippen LogP contribution in [-0.2, 0) is 11.3 Å². The van der Waals surface area contributed by atoms with E-state index >= 15 is 0 Å². The number of nitrogens with one attached hydrogen (secondary N) is 2. The zero-order valence-corrected chi connectivity index (χ0v) is 17.0. The van der Waals surface area contributed by atoms with E-state index in [9.17, 15) is 14.0 Å². The Morgan fingerprint density at radius 1 is 1.00 bits per heavy atom. The summed E-state index contributed by atoms with van der Waals surface area (Å²) in [6.45, 7) is 0.574. The van der Waals surface area contributed by atoms with Crippen molar-refractivity contribution in [3.63, 3.8) is 0 Å². The summed E-state index contributed by atoms with van der Waals surface area (Å²) >= 11 is 0. The van der Waals surface area contributed by atoms with Gasteiger partial charge in [-0.3, -0.25) is 4.79 Å². The van der Waals surface area contributed by atoms with Gasteiger partial charge >= 0.3 is 6.03 Å². The summed E-state index contributed by atoms with van der Waals surface area (Å²) < 4.78 is 18.7. The molecule has 2 aromatic carbocycles. The van der Waals surface area contributed by atoms with Gasteiger partial charge in [0, 0.05) is 12.2 Å². The molecule has 2 N–H and O–H groups in total. The summed E-state index contributed by atoms with van der Waals surface area (Å²) in [4.78, 5) is 27.5. The number of piperidine rings is 1. The SMILES string of the molecule is O=C(NCc1ccco1)C1CCC(c2ccc(F)cc2)N(C(=O)Nc2ccccc2)C1. The standard InChI is InChI=1S/C24H24FN3O3/c25-19-11-8-17(9-12-19)22-13-10-18(23(29)26-15-21-7-4-14-31-21)16-28(22)24(30)27-20-5-2-1-3-6-20/h1-9,11-12,14,18,22H,10,13,15-16H2,(H,26,29)(H,27,30). The van der Waals surface area contributed by atoms with Gasteiger partial charge in [0.2, 0.25) is 5.91 Å². The van der Waals surface area contributed by atoms with Crippen LogP contribution in [0, 0.1) is 11.7 Å². The molecule has 1 fully saturated rings. The lowest BCUT2D eigenvalue weighted by molar-refractivity contribution is -0.127. The van der Waals surface area contributed by atoms with E-state index in [4.69, 9.17) is 4.42 Å². The van der Waals surface area contributed by atoms with E-state index in [2.05, 4.69) is 10.6 Å². The van der Waals surface area contributed by atoms with Crippen molar-refractivity contribution in [2.24, 2.45) is 5.92 Å². The molecular weight excluding hydrogens is 397 g/mol. The highest BCUT2D eigenvalue weighted by atomic mass is 19.1. The predicted octanol–water partition coefficient (Wildman–Crippen LogP) is 4.72. The van der Waals surface area contributed by atoms with Crippen molar-refractivity contribution in [2.45, 2.75) is 25.4 Å². The molecule has 2 atom stereocenters. The number of amides is 3. The van der Waals surface area contributed by atoms with Gasteiger partial charge in [-0.2, -0.15) is 0 Å². The molecular formula is C24H24FN3O3. The lowest BCUT2D eigenvalue weighted by Crippen LogP contribution is -2.48. The molecule has 2 heterocycles. The van der Waals surface area contributed by atoms with Crippen molar-refractivity contribution in [3.05, 3.63) is 90.1 Å². The highest BCUT2D eigenvalue weighted by molar-refractivity contribution is 5.90. The molecule has 0 saturated carbocycles. The topological polar surface area (TPSA) is 74.6 Å². The highest BCUT2D eigenvalue weighted by Gasteiger charge is 2.35. The number of halogens is 1. The Morgan fingerprint density at radius 2 is 1.77 bits per heavy atom. The van der Waals surface area contributed by atoms with Crippen molar-refractivity contribution in [1.29, 1.82) is 0 Å². The zero-order valence-electron chi connectivity index (χ0n) is 17.0. The summed E-state index contributed by atoms with van der Waals surface area (Å²) in [5.74, 6) is -0.110. The van der Waals surface area contributed by atoms with E-state index in [0.717, 1.165) is 5.56 Å². The molecule has 1 saturated heterocycles. The Kier molecular flexibility index (Phi) is 6.31. The number of anilines is 1. The van der Waals surface area contributed by atoms with Crippen molar-refractivity contribution in [2.75, 3.05) is 11.9 Å². The first-order chi connectivity index (χ1) is 15.1. The number of rotatable bonds is 5. The molecule has 1 aliphatic heterocycles. The van der Waals surface area contributed by atoms with Crippen LogP contribution in [-0.4, -0.2) is 23.4 Å². The number of nitrogens with zero attached hydrogens (tertiary/aromatic N) is 1. The van der Waals surface area contributed by atoms with Gasteiger partial charge in [0.15, 0.2) is 0 Å². The van der Waals surface area contributed by atoms with Crippen molar-refractivity contribution in [3.8, 4) is 0 Å². The van der Waals surface area contributed by atoms with E-state index in [0.29, 0.717) is 30.8 Å². The first-order valence-corrected chi connectivity index (χ1v) is 10.3. The molecule has 4 rings (SSSR count). The summed E-state index contributed by atoms with van der Waals surface area (Å²) in [7, 11) is 0. The minimum atomic E-state index is -0.340. The number of benzene rings is 2. The molecule has 1 aliphatic rings.